The minimum atomic E-state index is -2.88. The van der Waals surface area contributed by atoms with E-state index in [4.69, 9.17) is 5.11 Å². The van der Waals surface area contributed by atoms with Crippen molar-refractivity contribution in [3.05, 3.63) is 0 Å². The number of β-amino-alcohol motifs (C(OH)–C–C–N with tert-alkyl or cyclic N) is 1. The highest BCUT2D eigenvalue weighted by molar-refractivity contribution is 4.86. The van der Waals surface area contributed by atoms with Gasteiger partial charge in [0.2, 0.25) is 0 Å². The number of hydrogen-bond acceptors (Lipinski definition) is 2. The Morgan fingerprint density at radius 3 is 2.50 bits per heavy atom. The minimum absolute atomic E-state index is 0.0880. The monoisotopic (exact) mass is 179 g/mol. The van der Waals surface area contributed by atoms with E-state index in [-0.39, 0.29) is 19.0 Å². The summed E-state index contributed by atoms with van der Waals surface area (Å²) in [4.78, 5) is 1.86. The number of hydrogen-bond donors (Lipinski definition) is 1. The van der Waals surface area contributed by atoms with Crippen LogP contribution in [-0.2, 0) is 0 Å². The lowest BCUT2D eigenvalue weighted by atomic mass is 10.0. The summed E-state index contributed by atoms with van der Waals surface area (Å²) in [7, 11) is 0. The number of aliphatic hydroxyl groups is 1. The highest BCUT2D eigenvalue weighted by Gasteiger charge is 2.43. The van der Waals surface area contributed by atoms with Gasteiger partial charge in [-0.05, 0) is 13.8 Å². The smallest absolute Gasteiger partial charge is 0.275 e. The van der Waals surface area contributed by atoms with Gasteiger partial charge in [-0.1, -0.05) is 0 Å². The highest BCUT2D eigenvalue weighted by Crippen LogP contribution is 2.28. The molecule has 1 aliphatic heterocycles. The Hall–Kier alpha value is -0.220. The molecule has 1 aliphatic rings. The first-order valence-electron chi connectivity index (χ1n) is 4.23. The van der Waals surface area contributed by atoms with Crippen molar-refractivity contribution in [3.8, 4) is 0 Å². The molecule has 1 atom stereocenters. The van der Waals surface area contributed by atoms with Gasteiger partial charge in [-0.2, -0.15) is 0 Å². The molecule has 0 aliphatic carbocycles. The fourth-order valence-electron chi connectivity index (χ4n) is 1.38. The zero-order valence-corrected chi connectivity index (χ0v) is 7.43. The van der Waals surface area contributed by atoms with E-state index in [0.29, 0.717) is 6.54 Å². The second kappa shape index (κ2) is 3.26. The van der Waals surface area contributed by atoms with Crippen LogP contribution in [0.2, 0.25) is 0 Å². The first-order chi connectivity index (χ1) is 5.43. The SMILES string of the molecule is CC(C)N1CCC(F)(F)C(O)C1. The van der Waals surface area contributed by atoms with Crippen molar-refractivity contribution < 1.29 is 13.9 Å². The lowest BCUT2D eigenvalue weighted by Crippen LogP contribution is -2.52. The van der Waals surface area contributed by atoms with E-state index in [1.54, 1.807) is 0 Å². The van der Waals surface area contributed by atoms with E-state index >= 15 is 0 Å². The number of nitrogens with zero attached hydrogens (tertiary/aromatic N) is 1. The second-order valence-corrected chi connectivity index (χ2v) is 3.62. The van der Waals surface area contributed by atoms with Crippen LogP contribution in [0.5, 0.6) is 0 Å². The number of likely N-dealkylation sites (tertiary alicyclic amines) is 1. The second-order valence-electron chi connectivity index (χ2n) is 3.62. The summed E-state index contributed by atoms with van der Waals surface area (Å²) in [6.07, 6.45) is -1.72. The van der Waals surface area contributed by atoms with Crippen molar-refractivity contribution >= 4 is 0 Å². The van der Waals surface area contributed by atoms with E-state index in [1.165, 1.54) is 0 Å². The average Bonchev–Trinajstić information content (AvgIpc) is 1.94. The number of rotatable bonds is 1. The van der Waals surface area contributed by atoms with Gasteiger partial charge in [0.25, 0.3) is 5.92 Å². The first-order valence-corrected chi connectivity index (χ1v) is 4.23. The van der Waals surface area contributed by atoms with Gasteiger partial charge in [-0.3, -0.25) is 4.90 Å². The summed E-state index contributed by atoms with van der Waals surface area (Å²) in [5.41, 5.74) is 0. The molecule has 0 spiro atoms. The fraction of sp³-hybridized carbons (Fsp3) is 1.00. The van der Waals surface area contributed by atoms with Crippen LogP contribution in [0.25, 0.3) is 0 Å². The number of alkyl halides is 2. The molecule has 0 aromatic rings. The van der Waals surface area contributed by atoms with Crippen molar-refractivity contribution in [2.24, 2.45) is 0 Å². The van der Waals surface area contributed by atoms with E-state index < -0.39 is 12.0 Å². The lowest BCUT2D eigenvalue weighted by Gasteiger charge is -2.37. The topological polar surface area (TPSA) is 23.5 Å². The maximum absolute atomic E-state index is 12.8. The van der Waals surface area contributed by atoms with E-state index in [2.05, 4.69) is 0 Å². The standard InChI is InChI=1S/C8H15F2NO/c1-6(2)11-4-3-8(9,10)7(12)5-11/h6-7,12H,3-5H2,1-2H3. The van der Waals surface area contributed by atoms with Crippen LogP contribution in [-0.4, -0.2) is 41.2 Å². The Bertz CT molecular complexity index is 161. The van der Waals surface area contributed by atoms with E-state index in [9.17, 15) is 8.78 Å². The number of halogens is 2. The molecule has 1 rings (SSSR count). The average molecular weight is 179 g/mol. The van der Waals surface area contributed by atoms with Crippen LogP contribution in [0.3, 0.4) is 0 Å². The molecule has 0 saturated carbocycles. The van der Waals surface area contributed by atoms with Crippen molar-refractivity contribution in [2.75, 3.05) is 13.1 Å². The lowest BCUT2D eigenvalue weighted by molar-refractivity contribution is -0.151. The Morgan fingerprint density at radius 1 is 1.50 bits per heavy atom. The quantitative estimate of drug-likeness (QED) is 0.651. The normalized spacial score (nSPS) is 31.0. The molecule has 1 heterocycles. The number of piperidine rings is 1. The van der Waals surface area contributed by atoms with Gasteiger partial charge in [-0.25, -0.2) is 8.78 Å². The van der Waals surface area contributed by atoms with Gasteiger partial charge in [0.1, 0.15) is 6.10 Å². The third-order valence-corrected chi connectivity index (χ3v) is 2.36. The summed E-state index contributed by atoms with van der Waals surface area (Å²) < 4.78 is 25.5. The Morgan fingerprint density at radius 2 is 2.08 bits per heavy atom. The van der Waals surface area contributed by atoms with Gasteiger partial charge >= 0.3 is 0 Å². The van der Waals surface area contributed by atoms with Crippen LogP contribution < -0.4 is 0 Å². The third kappa shape index (κ3) is 1.93. The largest absolute Gasteiger partial charge is 0.386 e. The molecule has 1 N–H and O–H groups in total. The van der Waals surface area contributed by atoms with Crippen LogP contribution >= 0.6 is 0 Å². The summed E-state index contributed by atoms with van der Waals surface area (Å²) in [5, 5.41) is 9.06. The number of aliphatic hydroxyl groups excluding tert-OH is 1. The van der Waals surface area contributed by atoms with Crippen LogP contribution in [0.4, 0.5) is 8.78 Å². The molecular formula is C8H15F2NO. The first kappa shape index (κ1) is 9.86. The third-order valence-electron chi connectivity index (χ3n) is 2.36. The maximum Gasteiger partial charge on any atom is 0.275 e. The predicted octanol–water partition coefficient (Wildman–Crippen LogP) is 1.10. The maximum atomic E-state index is 12.8. The van der Waals surface area contributed by atoms with Gasteiger partial charge in [-0.15, -0.1) is 0 Å². The predicted molar refractivity (Wildman–Crippen MR) is 42.3 cm³/mol. The summed E-state index contributed by atoms with van der Waals surface area (Å²) in [6, 6.07) is 0.232. The van der Waals surface area contributed by atoms with Gasteiger partial charge in [0.05, 0.1) is 0 Å². The van der Waals surface area contributed by atoms with E-state index in [0.717, 1.165) is 0 Å². The summed E-state index contributed by atoms with van der Waals surface area (Å²) in [5.74, 6) is -2.88. The van der Waals surface area contributed by atoms with Gasteiger partial charge in [0, 0.05) is 25.6 Å². The molecule has 0 amide bonds. The molecule has 0 aromatic carbocycles. The van der Waals surface area contributed by atoms with Crippen LogP contribution in [0, 0.1) is 0 Å². The summed E-state index contributed by atoms with van der Waals surface area (Å²) >= 11 is 0. The molecule has 72 valence electrons. The molecule has 1 unspecified atom stereocenters. The van der Waals surface area contributed by atoms with Crippen LogP contribution in [0.1, 0.15) is 20.3 Å². The zero-order valence-electron chi connectivity index (χ0n) is 7.43. The van der Waals surface area contributed by atoms with Crippen molar-refractivity contribution in [2.45, 2.75) is 38.3 Å². The molecule has 12 heavy (non-hydrogen) atoms. The minimum Gasteiger partial charge on any atom is -0.386 e. The molecule has 0 aromatic heterocycles. The van der Waals surface area contributed by atoms with Crippen molar-refractivity contribution in [1.82, 2.24) is 4.90 Å². The molecule has 4 heteroatoms. The molecule has 1 fully saturated rings. The Balaban J connectivity index is 2.52. The van der Waals surface area contributed by atoms with Gasteiger partial charge < -0.3 is 5.11 Å². The fourth-order valence-corrected chi connectivity index (χ4v) is 1.38. The zero-order chi connectivity index (χ0) is 9.35. The molecule has 0 bridgehead atoms. The molecule has 0 radical (unpaired) electrons. The molecule has 2 nitrogen and oxygen atoms in total. The highest BCUT2D eigenvalue weighted by atomic mass is 19.3. The Kier molecular flexibility index (Phi) is 2.68. The van der Waals surface area contributed by atoms with Crippen molar-refractivity contribution in [1.29, 1.82) is 0 Å². The van der Waals surface area contributed by atoms with Crippen molar-refractivity contribution in [3.63, 3.8) is 0 Å². The summed E-state index contributed by atoms with van der Waals surface area (Å²) in [6.45, 7) is 4.35. The van der Waals surface area contributed by atoms with Gasteiger partial charge in [0.15, 0.2) is 0 Å². The molecular weight excluding hydrogens is 164 g/mol. The molecule has 1 saturated heterocycles. The Labute approximate surface area is 71.2 Å². The van der Waals surface area contributed by atoms with E-state index in [1.807, 2.05) is 18.7 Å². The van der Waals surface area contributed by atoms with Crippen LogP contribution in [0.15, 0.2) is 0 Å².